The van der Waals surface area contributed by atoms with Crippen molar-refractivity contribution in [3.05, 3.63) is 152 Å². The highest BCUT2D eigenvalue weighted by atomic mass is 16.6. The highest BCUT2D eigenvalue weighted by Crippen LogP contribution is 2.46. The Morgan fingerprint density at radius 3 is 1.33 bits per heavy atom. The lowest BCUT2D eigenvalue weighted by molar-refractivity contribution is 0.360. The minimum Gasteiger partial charge on any atom is -0.450 e. The minimum absolute atomic E-state index is 0.722. The second-order valence-electron chi connectivity index (χ2n) is 9.44. The van der Waals surface area contributed by atoms with E-state index in [1.165, 1.54) is 11.1 Å². The Morgan fingerprint density at radius 1 is 0.308 bits per heavy atom. The van der Waals surface area contributed by atoms with E-state index in [-0.39, 0.29) is 0 Å². The van der Waals surface area contributed by atoms with E-state index in [9.17, 15) is 0 Å². The molecule has 7 rings (SSSR count). The van der Waals surface area contributed by atoms with Crippen LogP contribution in [0.25, 0.3) is 22.3 Å². The third-order valence-corrected chi connectivity index (χ3v) is 6.94. The van der Waals surface area contributed by atoms with Gasteiger partial charge in [0.05, 0.1) is 0 Å². The third-order valence-electron chi connectivity index (χ3n) is 6.94. The molecular formula is C36H25NO2. The maximum absolute atomic E-state index is 6.13. The molecule has 0 spiro atoms. The summed E-state index contributed by atoms with van der Waals surface area (Å²) in [5.74, 6) is 2.91. The molecule has 6 aromatic rings. The molecule has 0 bridgehead atoms. The molecule has 6 aromatic carbocycles. The van der Waals surface area contributed by atoms with Crippen molar-refractivity contribution in [2.45, 2.75) is 0 Å². The smallest absolute Gasteiger partial charge is 0.170 e. The van der Waals surface area contributed by atoms with Gasteiger partial charge in [-0.15, -0.1) is 0 Å². The van der Waals surface area contributed by atoms with Crippen molar-refractivity contribution in [1.82, 2.24) is 0 Å². The van der Waals surface area contributed by atoms with Gasteiger partial charge in [-0.25, -0.2) is 0 Å². The van der Waals surface area contributed by atoms with Gasteiger partial charge in [-0.2, -0.15) is 0 Å². The maximum atomic E-state index is 6.13. The number of hydrogen-bond acceptors (Lipinski definition) is 3. The zero-order valence-corrected chi connectivity index (χ0v) is 21.2. The number of hydrogen-bond donors (Lipinski definition) is 0. The van der Waals surface area contributed by atoms with E-state index in [4.69, 9.17) is 9.47 Å². The molecular weight excluding hydrogens is 478 g/mol. The molecule has 1 aliphatic rings. The van der Waals surface area contributed by atoms with Gasteiger partial charge in [-0.05, 0) is 82.9 Å². The fourth-order valence-electron chi connectivity index (χ4n) is 4.97. The zero-order chi connectivity index (χ0) is 26.0. The Bertz CT molecular complexity index is 1730. The average Bonchev–Trinajstić information content (AvgIpc) is 3.01. The summed E-state index contributed by atoms with van der Waals surface area (Å²) in [5.41, 5.74) is 7.89. The number of anilines is 3. The number of ether oxygens (including phenoxy) is 2. The van der Waals surface area contributed by atoms with Gasteiger partial charge >= 0.3 is 0 Å². The first kappa shape index (κ1) is 22.9. The van der Waals surface area contributed by atoms with Crippen molar-refractivity contribution in [3.63, 3.8) is 0 Å². The quantitative estimate of drug-likeness (QED) is 0.233. The summed E-state index contributed by atoms with van der Waals surface area (Å²) < 4.78 is 12.1. The molecule has 0 radical (unpaired) electrons. The van der Waals surface area contributed by atoms with Gasteiger partial charge in [-0.3, -0.25) is 0 Å². The van der Waals surface area contributed by atoms with Gasteiger partial charge in [-0.1, -0.05) is 91.0 Å². The van der Waals surface area contributed by atoms with Gasteiger partial charge in [0.2, 0.25) is 0 Å². The van der Waals surface area contributed by atoms with Crippen LogP contribution < -0.4 is 14.4 Å². The van der Waals surface area contributed by atoms with Gasteiger partial charge in [0.1, 0.15) is 0 Å². The molecule has 1 aliphatic heterocycles. The lowest BCUT2D eigenvalue weighted by atomic mass is 10.0. The number of benzene rings is 6. The first-order chi connectivity index (χ1) is 19.3. The van der Waals surface area contributed by atoms with Crippen LogP contribution in [0, 0.1) is 0 Å². The second kappa shape index (κ2) is 9.88. The van der Waals surface area contributed by atoms with Crippen LogP contribution in [0.5, 0.6) is 23.0 Å². The van der Waals surface area contributed by atoms with Crippen LogP contribution in [-0.4, -0.2) is 0 Å². The van der Waals surface area contributed by atoms with Crippen LogP contribution in [-0.2, 0) is 0 Å². The van der Waals surface area contributed by atoms with E-state index in [1.54, 1.807) is 0 Å². The molecule has 1 heterocycles. The van der Waals surface area contributed by atoms with Crippen LogP contribution >= 0.6 is 0 Å². The van der Waals surface area contributed by atoms with Crippen molar-refractivity contribution < 1.29 is 9.47 Å². The zero-order valence-electron chi connectivity index (χ0n) is 21.2. The minimum atomic E-state index is 0.722. The van der Waals surface area contributed by atoms with E-state index >= 15 is 0 Å². The van der Waals surface area contributed by atoms with Crippen LogP contribution in [0.15, 0.2) is 152 Å². The number of nitrogens with zero attached hydrogens (tertiary/aromatic N) is 1. The summed E-state index contributed by atoms with van der Waals surface area (Å²) in [6, 6.07) is 52.1. The van der Waals surface area contributed by atoms with Crippen LogP contribution in [0.2, 0.25) is 0 Å². The molecule has 186 valence electrons. The molecule has 0 aliphatic carbocycles. The average molecular weight is 504 g/mol. The summed E-state index contributed by atoms with van der Waals surface area (Å²) in [4.78, 5) is 2.28. The first-order valence-electron chi connectivity index (χ1n) is 13.0. The second-order valence-corrected chi connectivity index (χ2v) is 9.44. The van der Waals surface area contributed by atoms with E-state index in [0.717, 1.165) is 51.2 Å². The largest absolute Gasteiger partial charge is 0.450 e. The molecule has 0 aromatic heterocycles. The fraction of sp³-hybridized carbons (Fsp3) is 0. The molecule has 0 saturated heterocycles. The number of fused-ring (bicyclic) bond motifs is 2. The Hall–Kier alpha value is -5.28. The molecule has 0 amide bonds. The van der Waals surface area contributed by atoms with Crippen molar-refractivity contribution in [2.75, 3.05) is 4.90 Å². The first-order valence-corrected chi connectivity index (χ1v) is 13.0. The molecule has 0 saturated carbocycles. The Kier molecular flexibility index (Phi) is 5.80. The van der Waals surface area contributed by atoms with E-state index in [2.05, 4.69) is 108 Å². The van der Waals surface area contributed by atoms with Crippen LogP contribution in [0.3, 0.4) is 0 Å². The van der Waals surface area contributed by atoms with Crippen molar-refractivity contribution in [1.29, 1.82) is 0 Å². The number of para-hydroxylation sites is 3. The maximum Gasteiger partial charge on any atom is 0.170 e. The SMILES string of the molecule is c1ccc(-c2ccc(N(c3ccccc3)c3ccc(-c4ccc5c(c4)Oc4ccccc4O5)cc3)cc2)cc1. The van der Waals surface area contributed by atoms with Gasteiger partial charge < -0.3 is 14.4 Å². The summed E-state index contributed by atoms with van der Waals surface area (Å²) in [7, 11) is 0. The molecule has 0 atom stereocenters. The molecule has 39 heavy (non-hydrogen) atoms. The third kappa shape index (κ3) is 4.51. The molecule has 0 unspecified atom stereocenters. The predicted octanol–water partition coefficient (Wildman–Crippen LogP) is 10.4. The molecule has 0 fully saturated rings. The summed E-state index contributed by atoms with van der Waals surface area (Å²) in [6.07, 6.45) is 0. The van der Waals surface area contributed by atoms with Crippen molar-refractivity contribution in [3.8, 4) is 45.3 Å². The normalized spacial score (nSPS) is 11.5. The molecule has 3 heteroatoms. The monoisotopic (exact) mass is 503 g/mol. The summed E-state index contributed by atoms with van der Waals surface area (Å²) >= 11 is 0. The van der Waals surface area contributed by atoms with E-state index < -0.39 is 0 Å². The molecule has 0 N–H and O–H groups in total. The van der Waals surface area contributed by atoms with Gasteiger partial charge in [0, 0.05) is 17.1 Å². The van der Waals surface area contributed by atoms with Crippen LogP contribution in [0.4, 0.5) is 17.1 Å². The summed E-state index contributed by atoms with van der Waals surface area (Å²) in [6.45, 7) is 0. The molecule has 3 nitrogen and oxygen atoms in total. The van der Waals surface area contributed by atoms with Crippen molar-refractivity contribution >= 4 is 17.1 Å². The topological polar surface area (TPSA) is 21.7 Å². The number of rotatable bonds is 5. The predicted molar refractivity (Wildman–Crippen MR) is 159 cm³/mol. The van der Waals surface area contributed by atoms with Gasteiger partial charge in [0.25, 0.3) is 0 Å². The van der Waals surface area contributed by atoms with Gasteiger partial charge in [0.15, 0.2) is 23.0 Å². The summed E-state index contributed by atoms with van der Waals surface area (Å²) in [5, 5.41) is 0. The Morgan fingerprint density at radius 2 is 0.718 bits per heavy atom. The van der Waals surface area contributed by atoms with Crippen LogP contribution in [0.1, 0.15) is 0 Å². The van der Waals surface area contributed by atoms with E-state index in [1.807, 2.05) is 48.5 Å². The standard InChI is InChI=1S/C36H25NO2/c1-3-9-26(10-4-1)27-15-20-31(21-16-27)37(30-11-5-2-6-12-30)32-22-17-28(18-23-32)29-19-24-35-36(25-29)39-34-14-8-7-13-33(34)38-35/h1-25H. The lowest BCUT2D eigenvalue weighted by Gasteiger charge is -2.26. The highest BCUT2D eigenvalue weighted by Gasteiger charge is 2.19. The Balaban J connectivity index is 1.20. The Labute approximate surface area is 228 Å². The highest BCUT2D eigenvalue weighted by molar-refractivity contribution is 5.80. The lowest BCUT2D eigenvalue weighted by Crippen LogP contribution is -2.09. The fourth-order valence-corrected chi connectivity index (χ4v) is 4.97. The van der Waals surface area contributed by atoms with Crippen molar-refractivity contribution in [2.24, 2.45) is 0 Å². The van der Waals surface area contributed by atoms with E-state index in [0.29, 0.717) is 0 Å².